The second kappa shape index (κ2) is 16.2. The Hall–Kier alpha value is -5.59. The highest BCUT2D eigenvalue weighted by molar-refractivity contribution is 5.98. The first-order valence-electron chi connectivity index (χ1n) is 16.7. The summed E-state index contributed by atoms with van der Waals surface area (Å²) in [6.45, 7) is 5.94. The summed E-state index contributed by atoms with van der Waals surface area (Å²) in [6, 6.07) is 21.0. The average molecular weight is 682 g/mol. The van der Waals surface area contributed by atoms with Crippen LogP contribution in [0, 0.1) is 11.8 Å². The number of carbonyl (C=O) groups is 4. The summed E-state index contributed by atoms with van der Waals surface area (Å²) in [4.78, 5) is 51.7. The smallest absolute Gasteiger partial charge is 0.407 e. The Morgan fingerprint density at radius 1 is 0.900 bits per heavy atom. The maximum absolute atomic E-state index is 13.8. The Kier molecular flexibility index (Phi) is 11.6. The second-order valence-corrected chi connectivity index (χ2v) is 13.5. The summed E-state index contributed by atoms with van der Waals surface area (Å²) in [7, 11) is 1.34. The van der Waals surface area contributed by atoms with Crippen molar-refractivity contribution in [1.29, 1.82) is 0 Å². The van der Waals surface area contributed by atoms with Gasteiger partial charge in [-0.15, -0.1) is 5.10 Å². The van der Waals surface area contributed by atoms with Gasteiger partial charge in [0.15, 0.2) is 5.82 Å². The molecule has 13 heteroatoms. The van der Waals surface area contributed by atoms with Gasteiger partial charge in [-0.1, -0.05) is 36.4 Å². The van der Waals surface area contributed by atoms with E-state index in [9.17, 15) is 19.2 Å². The quantitative estimate of drug-likeness (QED) is 0.153. The van der Waals surface area contributed by atoms with Gasteiger partial charge in [0.2, 0.25) is 11.8 Å². The number of aromatic nitrogens is 4. The number of amides is 3. The molecule has 1 atom stereocenters. The van der Waals surface area contributed by atoms with Gasteiger partial charge < -0.3 is 25.4 Å². The number of nitrogens with one attached hydrogen (secondary N) is 4. The van der Waals surface area contributed by atoms with Gasteiger partial charge >= 0.3 is 12.1 Å². The van der Waals surface area contributed by atoms with Gasteiger partial charge in [-0.05, 0) is 116 Å². The van der Waals surface area contributed by atoms with Crippen molar-refractivity contribution in [3.63, 3.8) is 0 Å². The number of hydrogen-bond acceptors (Lipinski definition) is 9. The van der Waals surface area contributed by atoms with Crippen LogP contribution in [0.4, 0.5) is 10.5 Å². The summed E-state index contributed by atoms with van der Waals surface area (Å²) < 4.78 is 10.2. The largest absolute Gasteiger partial charge is 0.465 e. The molecule has 0 spiro atoms. The van der Waals surface area contributed by atoms with Crippen LogP contribution in [0.15, 0.2) is 72.8 Å². The highest BCUT2D eigenvalue weighted by Crippen LogP contribution is 2.29. The number of anilines is 1. The zero-order valence-corrected chi connectivity index (χ0v) is 28.7. The zero-order chi connectivity index (χ0) is 35.7. The third kappa shape index (κ3) is 9.97. The number of hydrogen-bond donors (Lipinski definition) is 4. The molecule has 3 aromatic carbocycles. The molecule has 0 aliphatic heterocycles. The molecule has 13 nitrogen and oxygen atoms in total. The predicted molar refractivity (Wildman–Crippen MR) is 187 cm³/mol. The zero-order valence-electron chi connectivity index (χ0n) is 28.7. The molecule has 3 amide bonds. The fraction of sp³-hybridized carbons (Fsp3) is 0.378. The van der Waals surface area contributed by atoms with E-state index in [1.54, 1.807) is 42.5 Å². The number of H-pyrrole nitrogens is 1. The van der Waals surface area contributed by atoms with Crippen LogP contribution in [0.2, 0.25) is 0 Å². The number of aromatic amines is 1. The molecule has 1 aliphatic carbocycles. The molecule has 5 rings (SSSR count). The van der Waals surface area contributed by atoms with Crippen molar-refractivity contribution < 1.29 is 28.7 Å². The molecule has 0 bridgehead atoms. The Bertz CT molecular complexity index is 1780. The number of esters is 1. The van der Waals surface area contributed by atoms with Crippen molar-refractivity contribution in [3.8, 4) is 22.5 Å². The molecular formula is C37H43N7O6. The Morgan fingerprint density at radius 2 is 1.60 bits per heavy atom. The van der Waals surface area contributed by atoms with Crippen molar-refractivity contribution in [1.82, 2.24) is 31.3 Å². The van der Waals surface area contributed by atoms with Gasteiger partial charge in [0, 0.05) is 30.1 Å². The molecule has 0 unspecified atom stereocenters. The van der Waals surface area contributed by atoms with Crippen LogP contribution < -0.4 is 16.0 Å². The first-order chi connectivity index (χ1) is 24.0. The van der Waals surface area contributed by atoms with Gasteiger partial charge in [-0.25, -0.2) is 14.7 Å². The van der Waals surface area contributed by atoms with Crippen LogP contribution >= 0.6 is 0 Å². The molecule has 1 aromatic heterocycles. The number of carbonyl (C=O) groups excluding carboxylic acids is 4. The minimum absolute atomic E-state index is 0.182. The van der Waals surface area contributed by atoms with Crippen LogP contribution in [0.5, 0.6) is 0 Å². The lowest BCUT2D eigenvalue weighted by atomic mass is 9.81. The van der Waals surface area contributed by atoms with Crippen LogP contribution in [0.25, 0.3) is 22.5 Å². The van der Waals surface area contributed by atoms with Crippen LogP contribution in [0.3, 0.4) is 0 Å². The van der Waals surface area contributed by atoms with Crippen LogP contribution in [0.1, 0.15) is 62.4 Å². The van der Waals surface area contributed by atoms with E-state index >= 15 is 0 Å². The lowest BCUT2D eigenvalue weighted by Gasteiger charge is -2.29. The number of rotatable bonds is 11. The minimum Gasteiger partial charge on any atom is -0.465 e. The average Bonchev–Trinajstić information content (AvgIpc) is 3.65. The van der Waals surface area contributed by atoms with E-state index in [4.69, 9.17) is 9.47 Å². The molecule has 50 heavy (non-hydrogen) atoms. The van der Waals surface area contributed by atoms with E-state index in [1.807, 2.05) is 51.1 Å². The lowest BCUT2D eigenvalue weighted by Crippen LogP contribution is -2.48. The highest BCUT2D eigenvalue weighted by Gasteiger charge is 2.30. The fourth-order valence-corrected chi connectivity index (χ4v) is 5.95. The third-order valence-electron chi connectivity index (χ3n) is 8.54. The first-order valence-corrected chi connectivity index (χ1v) is 16.7. The molecule has 0 radical (unpaired) electrons. The van der Waals surface area contributed by atoms with E-state index in [0.29, 0.717) is 36.5 Å². The third-order valence-corrected chi connectivity index (χ3v) is 8.54. The van der Waals surface area contributed by atoms with Crippen LogP contribution in [-0.2, 0) is 25.5 Å². The number of methoxy groups -OCH3 is 1. The van der Waals surface area contributed by atoms with Crippen molar-refractivity contribution >= 4 is 29.6 Å². The van der Waals surface area contributed by atoms with E-state index < -0.39 is 23.7 Å². The Labute approximate surface area is 290 Å². The van der Waals surface area contributed by atoms with Crippen molar-refractivity contribution in [2.75, 3.05) is 19.0 Å². The summed E-state index contributed by atoms with van der Waals surface area (Å²) in [6.07, 6.45) is 2.61. The number of benzene rings is 3. The molecule has 1 aliphatic rings. The van der Waals surface area contributed by atoms with E-state index in [0.717, 1.165) is 35.1 Å². The van der Waals surface area contributed by atoms with Gasteiger partial charge in [0.1, 0.15) is 11.6 Å². The SMILES string of the molecule is COC(=O)c1cccc(-c2cccc(C[C@H](NC(=O)[C@H]3CC[C@H](CNC(=O)OC(C)(C)C)CC3)C(=O)Nc3ccc(-c4nnn[nH]4)cc3)c2)c1. The predicted octanol–water partition coefficient (Wildman–Crippen LogP) is 5.32. The molecular weight excluding hydrogens is 638 g/mol. The lowest BCUT2D eigenvalue weighted by molar-refractivity contribution is -0.130. The number of nitrogens with zero attached hydrogens (tertiary/aromatic N) is 3. The van der Waals surface area contributed by atoms with Crippen molar-refractivity contribution in [2.45, 2.75) is 64.5 Å². The van der Waals surface area contributed by atoms with E-state index in [2.05, 4.69) is 36.6 Å². The maximum Gasteiger partial charge on any atom is 0.407 e. The molecule has 4 aromatic rings. The molecule has 1 heterocycles. The monoisotopic (exact) mass is 681 g/mol. The standard InChI is InChI=1S/C37H43N7O6/c1-37(2,3)50-36(48)38-22-23-11-13-26(14-12-23)33(45)40-31(34(46)39-30-17-15-25(16-18-30)32-41-43-44-42-32)20-24-7-5-8-27(19-24)28-9-6-10-29(21-28)35(47)49-4/h5-10,15-19,21,23,26,31H,11-14,20,22H2,1-4H3,(H,38,48)(H,39,46)(H,40,45)(H,41,42,43,44)/t23-,26-,31-/m0/s1. The van der Waals surface area contributed by atoms with Gasteiger partial charge in [0.25, 0.3) is 0 Å². The van der Waals surface area contributed by atoms with Gasteiger partial charge in [-0.2, -0.15) is 0 Å². The summed E-state index contributed by atoms with van der Waals surface area (Å²) in [5.74, 6) is -0.492. The fourth-order valence-electron chi connectivity index (χ4n) is 5.95. The molecule has 0 saturated heterocycles. The Morgan fingerprint density at radius 3 is 2.26 bits per heavy atom. The number of tetrazole rings is 1. The normalized spacial score (nSPS) is 16.5. The molecule has 262 valence electrons. The Balaban J connectivity index is 1.27. The molecule has 4 N–H and O–H groups in total. The van der Waals surface area contributed by atoms with Crippen LogP contribution in [-0.4, -0.2) is 69.8 Å². The van der Waals surface area contributed by atoms with E-state index in [1.165, 1.54) is 7.11 Å². The minimum atomic E-state index is -0.871. The number of alkyl carbamates (subject to hydrolysis) is 1. The van der Waals surface area contributed by atoms with Gasteiger partial charge in [-0.3, -0.25) is 9.59 Å². The summed E-state index contributed by atoms with van der Waals surface area (Å²) in [5, 5.41) is 22.6. The number of ether oxygens (including phenoxy) is 2. The van der Waals surface area contributed by atoms with Gasteiger partial charge in [0.05, 0.1) is 12.7 Å². The second-order valence-electron chi connectivity index (χ2n) is 13.5. The summed E-state index contributed by atoms with van der Waals surface area (Å²) in [5.41, 5.74) is 3.67. The summed E-state index contributed by atoms with van der Waals surface area (Å²) >= 11 is 0. The molecule has 1 saturated carbocycles. The van der Waals surface area contributed by atoms with E-state index in [-0.39, 0.29) is 30.1 Å². The first kappa shape index (κ1) is 35.7. The molecule has 1 fully saturated rings. The highest BCUT2D eigenvalue weighted by atomic mass is 16.6. The van der Waals surface area contributed by atoms with Crippen molar-refractivity contribution in [2.24, 2.45) is 11.8 Å². The maximum atomic E-state index is 13.8. The van der Waals surface area contributed by atoms with Crippen molar-refractivity contribution in [3.05, 3.63) is 83.9 Å². The topological polar surface area (TPSA) is 177 Å².